The van der Waals surface area contributed by atoms with Crippen molar-refractivity contribution in [2.45, 2.75) is 46.1 Å². The van der Waals surface area contributed by atoms with Crippen LogP contribution in [0.3, 0.4) is 0 Å². The van der Waals surface area contributed by atoms with Crippen molar-refractivity contribution in [3.8, 4) is 0 Å². The molecule has 2 rings (SSSR count). The molecular formula is C14H21N. The highest BCUT2D eigenvalue weighted by atomic mass is 14.9. The van der Waals surface area contributed by atoms with E-state index in [4.69, 9.17) is 0 Å². The molecule has 0 fully saturated rings. The van der Waals surface area contributed by atoms with E-state index in [9.17, 15) is 0 Å². The number of fused-ring (bicyclic) bond motifs is 1. The quantitative estimate of drug-likeness (QED) is 0.777. The second kappa shape index (κ2) is 4.36. The molecule has 1 atom stereocenters. The first-order valence-electron chi connectivity index (χ1n) is 6.05. The molecule has 0 saturated carbocycles. The fraction of sp³-hybridized carbons (Fsp3) is 0.571. The molecule has 1 aliphatic carbocycles. The van der Waals surface area contributed by atoms with Crippen LogP contribution in [0.2, 0.25) is 0 Å². The maximum atomic E-state index is 3.59. The van der Waals surface area contributed by atoms with E-state index in [-0.39, 0.29) is 0 Å². The summed E-state index contributed by atoms with van der Waals surface area (Å²) < 4.78 is 0. The molecule has 15 heavy (non-hydrogen) atoms. The Morgan fingerprint density at radius 2 is 2.00 bits per heavy atom. The summed E-state index contributed by atoms with van der Waals surface area (Å²) in [6.45, 7) is 7.69. The molecule has 1 aromatic rings. The Morgan fingerprint density at radius 1 is 1.27 bits per heavy atom. The summed E-state index contributed by atoms with van der Waals surface area (Å²) in [5.74, 6) is 0. The third kappa shape index (κ3) is 2.07. The molecule has 0 bridgehead atoms. The molecule has 0 amide bonds. The number of hydrogen-bond acceptors (Lipinski definition) is 1. The summed E-state index contributed by atoms with van der Waals surface area (Å²) in [6.07, 6.45) is 3.88. The van der Waals surface area contributed by atoms with Crippen molar-refractivity contribution < 1.29 is 0 Å². The van der Waals surface area contributed by atoms with Crippen LogP contribution in [0.15, 0.2) is 12.1 Å². The summed E-state index contributed by atoms with van der Waals surface area (Å²) in [5, 5.41) is 3.59. The Kier molecular flexibility index (Phi) is 3.11. The first kappa shape index (κ1) is 10.7. The van der Waals surface area contributed by atoms with E-state index < -0.39 is 0 Å². The topological polar surface area (TPSA) is 12.0 Å². The lowest BCUT2D eigenvalue weighted by molar-refractivity contribution is 0.471. The maximum Gasteiger partial charge on any atom is 0.0323 e. The van der Waals surface area contributed by atoms with Crippen LogP contribution in [0.5, 0.6) is 0 Å². The molecule has 1 heteroatoms. The zero-order chi connectivity index (χ0) is 10.8. The Labute approximate surface area is 92.9 Å². The van der Waals surface area contributed by atoms with Gasteiger partial charge < -0.3 is 5.32 Å². The van der Waals surface area contributed by atoms with Gasteiger partial charge in [0.2, 0.25) is 0 Å². The van der Waals surface area contributed by atoms with E-state index in [1.165, 1.54) is 30.4 Å². The average molecular weight is 203 g/mol. The Morgan fingerprint density at radius 3 is 2.73 bits per heavy atom. The summed E-state index contributed by atoms with van der Waals surface area (Å²) in [6, 6.07) is 5.36. The van der Waals surface area contributed by atoms with Gasteiger partial charge in [-0.05, 0) is 61.9 Å². The van der Waals surface area contributed by atoms with E-state index in [0.717, 1.165) is 6.54 Å². The zero-order valence-electron chi connectivity index (χ0n) is 10.1. The normalized spacial score (nSPS) is 20.1. The fourth-order valence-electron chi connectivity index (χ4n) is 2.55. The first-order valence-corrected chi connectivity index (χ1v) is 6.05. The molecule has 0 radical (unpaired) electrons. The molecule has 1 N–H and O–H groups in total. The van der Waals surface area contributed by atoms with Crippen LogP contribution in [0, 0.1) is 13.8 Å². The lowest BCUT2D eigenvalue weighted by Gasteiger charge is -2.27. The Balaban J connectivity index is 2.38. The predicted molar refractivity (Wildman–Crippen MR) is 65.3 cm³/mol. The molecule has 0 aromatic heterocycles. The van der Waals surface area contributed by atoms with Crippen molar-refractivity contribution in [3.05, 3.63) is 34.4 Å². The fourth-order valence-corrected chi connectivity index (χ4v) is 2.55. The summed E-state index contributed by atoms with van der Waals surface area (Å²) in [7, 11) is 0. The molecule has 0 aliphatic heterocycles. The van der Waals surface area contributed by atoms with Gasteiger partial charge in [-0.25, -0.2) is 0 Å². The Bertz CT molecular complexity index is 355. The van der Waals surface area contributed by atoms with Crippen LogP contribution in [-0.4, -0.2) is 6.54 Å². The van der Waals surface area contributed by atoms with Gasteiger partial charge in [0, 0.05) is 6.04 Å². The lowest BCUT2D eigenvalue weighted by atomic mass is 9.85. The standard InChI is InChI=1S/C14H21N/c1-4-15-14-7-5-6-12-8-10(2)11(3)9-13(12)14/h8-9,14-15H,4-7H2,1-3H3. The van der Waals surface area contributed by atoms with Gasteiger partial charge >= 0.3 is 0 Å². The number of hydrogen-bond donors (Lipinski definition) is 1. The summed E-state index contributed by atoms with van der Waals surface area (Å²) >= 11 is 0. The summed E-state index contributed by atoms with van der Waals surface area (Å²) in [5.41, 5.74) is 5.98. The highest BCUT2D eigenvalue weighted by molar-refractivity contribution is 5.40. The molecular weight excluding hydrogens is 182 g/mol. The lowest BCUT2D eigenvalue weighted by Crippen LogP contribution is -2.25. The molecule has 0 heterocycles. The molecule has 0 spiro atoms. The number of aryl methyl sites for hydroxylation is 3. The average Bonchev–Trinajstić information content (AvgIpc) is 2.21. The minimum atomic E-state index is 0.595. The number of nitrogens with one attached hydrogen (secondary N) is 1. The van der Waals surface area contributed by atoms with E-state index in [1.807, 2.05) is 0 Å². The monoisotopic (exact) mass is 203 g/mol. The van der Waals surface area contributed by atoms with Gasteiger partial charge in [-0.3, -0.25) is 0 Å². The minimum absolute atomic E-state index is 0.595. The molecule has 0 saturated heterocycles. The number of rotatable bonds is 2. The molecule has 1 unspecified atom stereocenters. The van der Waals surface area contributed by atoms with Crippen molar-refractivity contribution >= 4 is 0 Å². The maximum absolute atomic E-state index is 3.59. The van der Waals surface area contributed by atoms with Gasteiger partial charge in [0.1, 0.15) is 0 Å². The van der Waals surface area contributed by atoms with Gasteiger partial charge in [0.15, 0.2) is 0 Å². The van der Waals surface area contributed by atoms with E-state index in [0.29, 0.717) is 6.04 Å². The highest BCUT2D eigenvalue weighted by Crippen LogP contribution is 2.31. The largest absolute Gasteiger partial charge is 0.310 e. The minimum Gasteiger partial charge on any atom is -0.310 e. The van der Waals surface area contributed by atoms with Crippen molar-refractivity contribution in [1.82, 2.24) is 5.32 Å². The van der Waals surface area contributed by atoms with Crippen molar-refractivity contribution in [3.63, 3.8) is 0 Å². The van der Waals surface area contributed by atoms with Crippen molar-refractivity contribution in [2.24, 2.45) is 0 Å². The van der Waals surface area contributed by atoms with E-state index in [2.05, 4.69) is 38.2 Å². The second-order valence-electron chi connectivity index (χ2n) is 4.64. The Hall–Kier alpha value is -0.820. The van der Waals surface area contributed by atoms with Crippen molar-refractivity contribution in [1.29, 1.82) is 0 Å². The van der Waals surface area contributed by atoms with Gasteiger partial charge in [0.05, 0.1) is 0 Å². The van der Waals surface area contributed by atoms with Gasteiger partial charge in [0.25, 0.3) is 0 Å². The highest BCUT2D eigenvalue weighted by Gasteiger charge is 2.19. The van der Waals surface area contributed by atoms with E-state index >= 15 is 0 Å². The molecule has 1 aromatic carbocycles. The third-order valence-electron chi connectivity index (χ3n) is 3.52. The van der Waals surface area contributed by atoms with Gasteiger partial charge in [-0.2, -0.15) is 0 Å². The zero-order valence-corrected chi connectivity index (χ0v) is 10.1. The number of benzene rings is 1. The van der Waals surface area contributed by atoms with Crippen LogP contribution in [-0.2, 0) is 6.42 Å². The second-order valence-corrected chi connectivity index (χ2v) is 4.64. The van der Waals surface area contributed by atoms with Crippen LogP contribution in [0.25, 0.3) is 0 Å². The first-order chi connectivity index (χ1) is 7.22. The smallest absolute Gasteiger partial charge is 0.0323 e. The van der Waals surface area contributed by atoms with Gasteiger partial charge in [-0.1, -0.05) is 19.1 Å². The van der Waals surface area contributed by atoms with Crippen molar-refractivity contribution in [2.75, 3.05) is 6.54 Å². The van der Waals surface area contributed by atoms with Gasteiger partial charge in [-0.15, -0.1) is 0 Å². The van der Waals surface area contributed by atoms with Crippen LogP contribution >= 0.6 is 0 Å². The predicted octanol–water partition coefficient (Wildman–Crippen LogP) is 3.29. The molecule has 1 nitrogen and oxygen atoms in total. The third-order valence-corrected chi connectivity index (χ3v) is 3.52. The van der Waals surface area contributed by atoms with Crippen LogP contribution in [0.4, 0.5) is 0 Å². The summed E-state index contributed by atoms with van der Waals surface area (Å²) in [4.78, 5) is 0. The molecule has 1 aliphatic rings. The molecule has 82 valence electrons. The van der Waals surface area contributed by atoms with Crippen LogP contribution in [0.1, 0.15) is 48.1 Å². The van der Waals surface area contributed by atoms with E-state index in [1.54, 1.807) is 11.1 Å². The SMILES string of the molecule is CCNC1CCCc2cc(C)c(C)cc21. The van der Waals surface area contributed by atoms with Crippen LogP contribution < -0.4 is 5.32 Å².